The van der Waals surface area contributed by atoms with Crippen LogP contribution >= 0.6 is 0 Å². The van der Waals surface area contributed by atoms with Crippen molar-refractivity contribution in [2.75, 3.05) is 26.4 Å². The smallest absolute Gasteiger partial charge is 0.302 e. The van der Waals surface area contributed by atoms with E-state index >= 15 is 0 Å². The summed E-state index contributed by atoms with van der Waals surface area (Å²) >= 11 is 0. The molecule has 88 valence electrons. The Kier molecular flexibility index (Phi) is 8.76. The van der Waals surface area contributed by atoms with Crippen molar-refractivity contribution in [3.63, 3.8) is 0 Å². The molecule has 0 aliphatic heterocycles. The third-order valence-corrected chi connectivity index (χ3v) is 1.48. The molecule has 0 saturated carbocycles. The molecule has 0 rings (SSSR count). The summed E-state index contributed by atoms with van der Waals surface area (Å²) < 4.78 is 14.6. The Morgan fingerprint density at radius 1 is 0.800 bits per heavy atom. The predicted octanol–water partition coefficient (Wildman–Crippen LogP) is 0.909. The predicted molar refractivity (Wildman–Crippen MR) is 53.3 cm³/mol. The Balaban J connectivity index is 2.99. The molecule has 15 heavy (non-hydrogen) atoms. The second-order valence-corrected chi connectivity index (χ2v) is 3.00. The quantitative estimate of drug-likeness (QED) is 0.447. The third-order valence-electron chi connectivity index (χ3n) is 1.48. The second kappa shape index (κ2) is 9.45. The van der Waals surface area contributed by atoms with E-state index in [1.807, 2.05) is 0 Å². The molecular weight excluding hydrogens is 200 g/mol. The fourth-order valence-corrected chi connectivity index (χ4v) is 0.856. The Morgan fingerprint density at radius 2 is 1.20 bits per heavy atom. The van der Waals surface area contributed by atoms with Crippen LogP contribution in [0.2, 0.25) is 0 Å². The molecule has 5 nitrogen and oxygen atoms in total. The fraction of sp³-hybridized carbons (Fsp3) is 0.800. The van der Waals surface area contributed by atoms with Gasteiger partial charge in [0.1, 0.15) is 0 Å². The zero-order valence-corrected chi connectivity index (χ0v) is 9.28. The van der Waals surface area contributed by atoms with Crippen LogP contribution in [0.15, 0.2) is 0 Å². The number of esters is 2. The van der Waals surface area contributed by atoms with Crippen molar-refractivity contribution in [1.82, 2.24) is 0 Å². The van der Waals surface area contributed by atoms with Gasteiger partial charge in [-0.3, -0.25) is 9.59 Å². The lowest BCUT2D eigenvalue weighted by Crippen LogP contribution is -2.07. The monoisotopic (exact) mass is 218 g/mol. The maximum atomic E-state index is 10.4. The topological polar surface area (TPSA) is 61.8 Å². The molecule has 0 fully saturated rings. The highest BCUT2D eigenvalue weighted by molar-refractivity contribution is 5.66. The summed E-state index contributed by atoms with van der Waals surface area (Å²) in [5.74, 6) is -0.547. The molecule has 0 aromatic rings. The number of hydrogen-bond acceptors (Lipinski definition) is 5. The summed E-state index contributed by atoms with van der Waals surface area (Å²) in [6.45, 7) is 4.62. The van der Waals surface area contributed by atoms with E-state index in [2.05, 4.69) is 0 Å². The molecule has 0 aromatic carbocycles. The first-order valence-corrected chi connectivity index (χ1v) is 4.97. The van der Waals surface area contributed by atoms with Crippen molar-refractivity contribution in [3.05, 3.63) is 0 Å². The van der Waals surface area contributed by atoms with E-state index in [0.717, 1.165) is 0 Å². The molecule has 0 spiro atoms. The van der Waals surface area contributed by atoms with Crippen LogP contribution in [-0.4, -0.2) is 38.4 Å². The van der Waals surface area contributed by atoms with Crippen molar-refractivity contribution in [2.24, 2.45) is 0 Å². The minimum atomic E-state index is -0.273. The van der Waals surface area contributed by atoms with Crippen LogP contribution in [0.3, 0.4) is 0 Å². The van der Waals surface area contributed by atoms with Crippen LogP contribution in [0.1, 0.15) is 26.7 Å². The van der Waals surface area contributed by atoms with Crippen LogP contribution in [-0.2, 0) is 23.8 Å². The van der Waals surface area contributed by atoms with Gasteiger partial charge in [0.05, 0.1) is 13.2 Å². The first kappa shape index (κ1) is 13.9. The Hall–Kier alpha value is -1.10. The van der Waals surface area contributed by atoms with E-state index in [1.165, 1.54) is 13.8 Å². The van der Waals surface area contributed by atoms with Gasteiger partial charge in [-0.25, -0.2) is 0 Å². The van der Waals surface area contributed by atoms with Crippen molar-refractivity contribution >= 4 is 11.9 Å². The lowest BCUT2D eigenvalue weighted by atomic mass is 10.4. The number of hydrogen-bond donors (Lipinski definition) is 0. The van der Waals surface area contributed by atoms with E-state index in [0.29, 0.717) is 39.3 Å². The highest BCUT2D eigenvalue weighted by Crippen LogP contribution is 1.89. The SMILES string of the molecule is CC(=O)OCCCOCCCOC(C)=O. The summed E-state index contributed by atoms with van der Waals surface area (Å²) in [6.07, 6.45) is 1.38. The van der Waals surface area contributed by atoms with Crippen molar-refractivity contribution in [1.29, 1.82) is 0 Å². The third kappa shape index (κ3) is 12.9. The average molecular weight is 218 g/mol. The normalized spacial score (nSPS) is 9.73. The van der Waals surface area contributed by atoms with Gasteiger partial charge in [0, 0.05) is 39.9 Å². The van der Waals surface area contributed by atoms with E-state index in [-0.39, 0.29) is 11.9 Å². The van der Waals surface area contributed by atoms with Gasteiger partial charge < -0.3 is 14.2 Å². The maximum absolute atomic E-state index is 10.4. The largest absolute Gasteiger partial charge is 0.466 e. The summed E-state index contributed by atoms with van der Waals surface area (Å²) in [5, 5.41) is 0. The highest BCUT2D eigenvalue weighted by Gasteiger charge is 1.95. The number of ether oxygens (including phenoxy) is 3. The molecule has 0 unspecified atom stereocenters. The Labute approximate surface area is 89.7 Å². The van der Waals surface area contributed by atoms with Gasteiger partial charge in [0.2, 0.25) is 0 Å². The van der Waals surface area contributed by atoms with Crippen LogP contribution in [0.25, 0.3) is 0 Å². The van der Waals surface area contributed by atoms with Gasteiger partial charge in [0.15, 0.2) is 0 Å². The van der Waals surface area contributed by atoms with Crippen molar-refractivity contribution < 1.29 is 23.8 Å². The van der Waals surface area contributed by atoms with E-state index in [9.17, 15) is 9.59 Å². The molecule has 0 radical (unpaired) electrons. The van der Waals surface area contributed by atoms with Gasteiger partial charge in [-0.05, 0) is 0 Å². The minimum absolute atomic E-state index is 0.273. The maximum Gasteiger partial charge on any atom is 0.302 e. The number of rotatable bonds is 8. The minimum Gasteiger partial charge on any atom is -0.466 e. The standard InChI is InChI=1S/C10H18O5/c1-9(11)14-7-3-5-13-6-4-8-15-10(2)12/h3-8H2,1-2H3. The van der Waals surface area contributed by atoms with Crippen LogP contribution in [0.4, 0.5) is 0 Å². The van der Waals surface area contributed by atoms with Gasteiger partial charge in [-0.2, -0.15) is 0 Å². The van der Waals surface area contributed by atoms with Crippen LogP contribution < -0.4 is 0 Å². The van der Waals surface area contributed by atoms with Crippen molar-refractivity contribution in [3.8, 4) is 0 Å². The van der Waals surface area contributed by atoms with Gasteiger partial charge in [0.25, 0.3) is 0 Å². The van der Waals surface area contributed by atoms with Gasteiger partial charge >= 0.3 is 11.9 Å². The molecule has 0 amide bonds. The Morgan fingerprint density at radius 3 is 1.53 bits per heavy atom. The summed E-state index contributed by atoms with van der Waals surface area (Å²) in [5.41, 5.74) is 0. The van der Waals surface area contributed by atoms with E-state index < -0.39 is 0 Å². The van der Waals surface area contributed by atoms with Crippen molar-refractivity contribution in [2.45, 2.75) is 26.7 Å². The lowest BCUT2D eigenvalue weighted by molar-refractivity contribution is -0.141. The lowest BCUT2D eigenvalue weighted by Gasteiger charge is -2.04. The van der Waals surface area contributed by atoms with Gasteiger partial charge in [-0.15, -0.1) is 0 Å². The number of carbonyl (C=O) groups excluding carboxylic acids is 2. The summed E-state index contributed by atoms with van der Waals surface area (Å²) in [6, 6.07) is 0. The zero-order chi connectivity index (χ0) is 11.5. The number of carbonyl (C=O) groups is 2. The first-order chi connectivity index (χ1) is 7.13. The first-order valence-electron chi connectivity index (χ1n) is 4.97. The highest BCUT2D eigenvalue weighted by atomic mass is 16.5. The van der Waals surface area contributed by atoms with Crippen LogP contribution in [0.5, 0.6) is 0 Å². The fourth-order valence-electron chi connectivity index (χ4n) is 0.856. The molecular formula is C10H18O5. The molecule has 0 aliphatic rings. The Bertz CT molecular complexity index is 170. The van der Waals surface area contributed by atoms with E-state index in [1.54, 1.807) is 0 Å². The van der Waals surface area contributed by atoms with E-state index in [4.69, 9.17) is 14.2 Å². The average Bonchev–Trinajstić information content (AvgIpc) is 2.14. The molecule has 5 heteroatoms. The van der Waals surface area contributed by atoms with Crippen LogP contribution in [0, 0.1) is 0 Å². The molecule has 0 aliphatic carbocycles. The molecule has 0 heterocycles. The molecule has 0 bridgehead atoms. The molecule has 0 saturated heterocycles. The summed E-state index contributed by atoms with van der Waals surface area (Å²) in [7, 11) is 0. The molecule has 0 N–H and O–H groups in total. The second-order valence-electron chi connectivity index (χ2n) is 3.00. The zero-order valence-electron chi connectivity index (χ0n) is 9.28. The molecule has 0 aromatic heterocycles. The van der Waals surface area contributed by atoms with Gasteiger partial charge in [-0.1, -0.05) is 0 Å². The summed E-state index contributed by atoms with van der Waals surface area (Å²) in [4.78, 5) is 20.7. The molecule has 0 atom stereocenters.